The number of carbonyl (C=O) groups excluding carboxylic acids is 1. The summed E-state index contributed by atoms with van der Waals surface area (Å²) in [6, 6.07) is 19.8. The van der Waals surface area contributed by atoms with E-state index in [9.17, 15) is 15.5 Å². The van der Waals surface area contributed by atoms with Crippen molar-refractivity contribution in [1.82, 2.24) is 9.80 Å². The van der Waals surface area contributed by atoms with Gasteiger partial charge in [-0.3, -0.25) is 5.87 Å². The molecular weight excluding hydrogens is 649 g/mol. The minimum Gasteiger partial charge on any atom is -0.763 e. The molecule has 1 saturated heterocycles. The lowest BCUT2D eigenvalue weighted by atomic mass is 9.96. The molecule has 2 aliphatic rings. The summed E-state index contributed by atoms with van der Waals surface area (Å²) in [6.07, 6.45) is 11.6. The minimum atomic E-state index is -0.350. The number of allylic oxidation sites excluding steroid dienone is 12. The van der Waals surface area contributed by atoms with Gasteiger partial charge in [-0.05, 0) is 53.7 Å². The average Bonchev–Trinajstić information content (AvgIpc) is 3.59. The minimum absolute atomic E-state index is 0.171. The van der Waals surface area contributed by atoms with Crippen LogP contribution in [-0.2, 0) is 4.74 Å². The molecule has 0 aromatic heterocycles. The molecule has 0 unspecified atom stereocenters. The predicted octanol–water partition coefficient (Wildman–Crippen LogP) is 8.88. The quantitative estimate of drug-likeness (QED) is 0.108. The first-order valence-electron chi connectivity index (χ1n) is 16.4. The molecule has 0 saturated carbocycles. The molecule has 2 aromatic carbocycles. The topological polar surface area (TPSA) is 96.3 Å². The highest BCUT2D eigenvalue weighted by atomic mass is 16.6. The van der Waals surface area contributed by atoms with E-state index in [2.05, 4.69) is 30.1 Å². The zero-order valence-electron chi connectivity index (χ0n) is 28.6. The number of carbonyl (C=O) groups is 1. The van der Waals surface area contributed by atoms with Gasteiger partial charge in [0.05, 0.1) is 31.4 Å². The van der Waals surface area contributed by atoms with Crippen LogP contribution >= 0.6 is 0 Å². The maximum absolute atomic E-state index is 12.4. The molecule has 0 bridgehead atoms. The molecule has 1 heterocycles. The lowest BCUT2D eigenvalue weighted by molar-refractivity contribution is 0.0873. The van der Waals surface area contributed by atoms with Gasteiger partial charge >= 0.3 is 11.9 Å². The van der Waals surface area contributed by atoms with Crippen LogP contribution in [0, 0.1) is 37.6 Å². The normalized spacial score (nSPS) is 15.5. The molecule has 2 aromatic rings. The number of rotatable bonds is 10. The van der Waals surface area contributed by atoms with Crippen molar-refractivity contribution in [3.05, 3.63) is 199 Å². The second kappa shape index (κ2) is 19.0. The van der Waals surface area contributed by atoms with Crippen molar-refractivity contribution in [1.29, 1.82) is 5.26 Å². The molecule has 10 heteroatoms. The molecule has 0 radical (unpaired) electrons. The highest BCUT2D eigenvalue weighted by Gasteiger charge is 2.28. The Hall–Kier alpha value is -7.41. The van der Waals surface area contributed by atoms with Crippen LogP contribution in [0.4, 0.5) is 4.79 Å². The first kappa shape index (κ1) is 37.4. The molecule has 4 rings (SSSR count). The van der Waals surface area contributed by atoms with E-state index in [4.69, 9.17) is 31.0 Å². The number of hydrogen-bond donors (Lipinski definition) is 0. The van der Waals surface area contributed by atoms with E-state index in [1.165, 1.54) is 0 Å². The maximum atomic E-state index is 12.4. The largest absolute Gasteiger partial charge is 0.763 e. The molecule has 10 nitrogen and oxygen atoms in total. The van der Waals surface area contributed by atoms with Gasteiger partial charge < -0.3 is 19.9 Å². The Labute approximate surface area is 304 Å². The summed E-state index contributed by atoms with van der Waals surface area (Å²) in [4.78, 5) is 30.2. The fourth-order valence-corrected chi connectivity index (χ4v) is 5.93. The van der Waals surface area contributed by atoms with Gasteiger partial charge in [-0.1, -0.05) is 91.0 Å². The number of amides is 1. The zero-order valence-corrected chi connectivity index (χ0v) is 28.6. The van der Waals surface area contributed by atoms with Gasteiger partial charge in [0.25, 0.3) is 5.70 Å². The lowest BCUT2D eigenvalue weighted by Gasteiger charge is -2.37. The molecule has 0 N–H and O–H groups in total. The van der Waals surface area contributed by atoms with Crippen molar-refractivity contribution in [3.63, 3.8) is 0 Å². The third-order valence-electron chi connectivity index (χ3n) is 8.29. The summed E-state index contributed by atoms with van der Waals surface area (Å²) in [5, 5.41) is 19.8. The second-order valence-corrected chi connectivity index (χ2v) is 11.2. The number of nitriles is 1. The van der Waals surface area contributed by atoms with E-state index in [1.54, 1.807) is 84.7 Å². The fraction of sp³-hybridized carbons (Fsp3) is 0.190. The SMILES string of the molecule is [C-]#[N+]C(=CC=CC1=C(N2CCN(C(=O)OCC)CC2)C(=CC=CC(=C=[N-])C(=C(C#N)[N+]#[C-])c2ccccc2)CC1)C(=C([N+]#[C-])[N+]#[C-])c1ccccc1. The van der Waals surface area contributed by atoms with E-state index in [1.807, 2.05) is 30.4 Å². The van der Waals surface area contributed by atoms with Crippen LogP contribution in [0.1, 0.15) is 30.9 Å². The van der Waals surface area contributed by atoms with Crippen LogP contribution in [0.5, 0.6) is 0 Å². The average molecular weight is 682 g/mol. The molecule has 1 aliphatic heterocycles. The molecule has 1 aliphatic carbocycles. The summed E-state index contributed by atoms with van der Waals surface area (Å²) >= 11 is 0. The Morgan fingerprint density at radius 1 is 0.885 bits per heavy atom. The van der Waals surface area contributed by atoms with Gasteiger partial charge in [0.2, 0.25) is 0 Å². The summed E-state index contributed by atoms with van der Waals surface area (Å²) in [5.41, 5.74) is 4.88. The van der Waals surface area contributed by atoms with E-state index in [-0.39, 0.29) is 40.0 Å². The van der Waals surface area contributed by atoms with Gasteiger partial charge in [-0.25, -0.2) is 19.7 Å². The first-order valence-corrected chi connectivity index (χ1v) is 16.4. The van der Waals surface area contributed by atoms with Crippen molar-refractivity contribution in [2.75, 3.05) is 32.8 Å². The number of ether oxygens (including phenoxy) is 1. The Morgan fingerprint density at radius 3 is 2.06 bits per heavy atom. The van der Waals surface area contributed by atoms with Crippen LogP contribution in [0.25, 0.3) is 35.9 Å². The molecule has 0 spiro atoms. The fourth-order valence-electron chi connectivity index (χ4n) is 5.93. The standard InChI is InChI=1S/C42H33N8O2/c1-6-52-42(51)50-27-25-49(26-28-50)40-33(19-13-21-35(29-43)38(37(30-44)46-3)31-15-9-7-10-16-31)23-24-34(40)20-14-22-36(45-2)39(41(47-4)48-5)32-17-11-8-12-18-32/h7-22H,6,23-28H2,1H3/q-1. The Morgan fingerprint density at radius 2 is 1.52 bits per heavy atom. The lowest BCUT2D eigenvalue weighted by Crippen LogP contribution is -2.48. The van der Waals surface area contributed by atoms with E-state index in [0.29, 0.717) is 56.8 Å². The van der Waals surface area contributed by atoms with E-state index < -0.39 is 0 Å². The number of nitrogens with zero attached hydrogens (tertiary/aromatic N) is 8. The van der Waals surface area contributed by atoms with E-state index >= 15 is 0 Å². The van der Waals surface area contributed by atoms with Crippen molar-refractivity contribution in [2.24, 2.45) is 0 Å². The van der Waals surface area contributed by atoms with E-state index in [0.717, 1.165) is 16.8 Å². The summed E-state index contributed by atoms with van der Waals surface area (Å²) in [7, 11) is 0. The third-order valence-corrected chi connectivity index (χ3v) is 8.29. The molecule has 1 amide bonds. The van der Waals surface area contributed by atoms with Crippen LogP contribution in [-0.4, -0.2) is 54.5 Å². The maximum Gasteiger partial charge on any atom is 0.516 e. The Balaban J connectivity index is 1.75. The molecule has 1 fully saturated rings. The molecule has 52 heavy (non-hydrogen) atoms. The number of piperazine rings is 1. The number of benzene rings is 2. The number of hydrogen-bond acceptors (Lipinski definition) is 4. The zero-order chi connectivity index (χ0) is 37.3. The first-order chi connectivity index (χ1) is 25.4. The van der Waals surface area contributed by atoms with Gasteiger partial charge in [0.1, 0.15) is 13.1 Å². The van der Waals surface area contributed by atoms with Gasteiger partial charge in [0.15, 0.2) is 5.70 Å². The van der Waals surface area contributed by atoms with Crippen molar-refractivity contribution >= 4 is 23.1 Å². The van der Waals surface area contributed by atoms with Crippen molar-refractivity contribution < 1.29 is 9.53 Å². The second-order valence-electron chi connectivity index (χ2n) is 11.2. The highest BCUT2D eigenvalue weighted by molar-refractivity contribution is 5.95. The Kier molecular flexibility index (Phi) is 13.6. The van der Waals surface area contributed by atoms with Crippen LogP contribution in [0.2, 0.25) is 0 Å². The summed E-state index contributed by atoms with van der Waals surface area (Å²) < 4.78 is 5.21. The van der Waals surface area contributed by atoms with Crippen molar-refractivity contribution in [2.45, 2.75) is 19.8 Å². The smallest absolute Gasteiger partial charge is 0.516 e. The van der Waals surface area contributed by atoms with Gasteiger partial charge in [0, 0.05) is 37.4 Å². The molecule has 254 valence electrons. The van der Waals surface area contributed by atoms with Crippen LogP contribution in [0.3, 0.4) is 0 Å². The molecule has 0 atom stereocenters. The highest BCUT2D eigenvalue weighted by Crippen LogP contribution is 2.36. The predicted molar refractivity (Wildman–Crippen MR) is 201 cm³/mol. The van der Waals surface area contributed by atoms with Crippen LogP contribution in [0.15, 0.2) is 137 Å². The van der Waals surface area contributed by atoms with Gasteiger partial charge in [-0.2, -0.15) is 9.69 Å². The monoisotopic (exact) mass is 681 g/mol. The van der Waals surface area contributed by atoms with Crippen molar-refractivity contribution in [3.8, 4) is 6.07 Å². The third kappa shape index (κ3) is 8.98. The summed E-state index contributed by atoms with van der Waals surface area (Å²) in [5.74, 6) is 1.98. The van der Waals surface area contributed by atoms with Gasteiger partial charge in [-0.15, -0.1) is 0 Å². The molecular formula is C42H33N8O2-. The summed E-state index contributed by atoms with van der Waals surface area (Å²) in [6.45, 7) is 34.6. The van der Waals surface area contributed by atoms with Crippen LogP contribution < -0.4 is 0 Å². The Bertz CT molecular complexity index is 2140.